The van der Waals surface area contributed by atoms with Crippen LogP contribution < -0.4 is 5.32 Å². The van der Waals surface area contributed by atoms with Gasteiger partial charge in [-0.3, -0.25) is 0 Å². The van der Waals surface area contributed by atoms with Gasteiger partial charge in [-0.15, -0.1) is 0 Å². The van der Waals surface area contributed by atoms with Crippen LogP contribution in [-0.4, -0.2) is 12.1 Å². The standard InChI is InChI=1S/C15H17BrN2O/c1-11-7-14(9-18-15(11)16)17-8-12-3-5-13(6-4-12)10-19-2/h3-7,9,17H,8,10H2,1-2H3. The Kier molecular flexibility index (Phi) is 4.93. The molecule has 1 heterocycles. The fourth-order valence-electron chi connectivity index (χ4n) is 1.78. The van der Waals surface area contributed by atoms with E-state index in [0.717, 1.165) is 22.4 Å². The maximum atomic E-state index is 5.09. The van der Waals surface area contributed by atoms with Gasteiger partial charge < -0.3 is 10.1 Å². The zero-order valence-corrected chi connectivity index (χ0v) is 12.7. The van der Waals surface area contributed by atoms with E-state index in [9.17, 15) is 0 Å². The smallest absolute Gasteiger partial charge is 0.109 e. The van der Waals surface area contributed by atoms with Gasteiger partial charge in [0.2, 0.25) is 0 Å². The second-order valence-corrected chi connectivity index (χ2v) is 5.19. The highest BCUT2D eigenvalue weighted by atomic mass is 79.9. The van der Waals surface area contributed by atoms with Gasteiger partial charge in [0, 0.05) is 13.7 Å². The van der Waals surface area contributed by atoms with Crippen molar-refractivity contribution in [2.75, 3.05) is 12.4 Å². The number of nitrogens with one attached hydrogen (secondary N) is 1. The van der Waals surface area contributed by atoms with E-state index >= 15 is 0 Å². The molecule has 4 heteroatoms. The molecule has 0 saturated carbocycles. The van der Waals surface area contributed by atoms with E-state index in [0.29, 0.717) is 6.61 Å². The number of hydrogen-bond acceptors (Lipinski definition) is 3. The van der Waals surface area contributed by atoms with Crippen LogP contribution in [0.4, 0.5) is 5.69 Å². The van der Waals surface area contributed by atoms with Crippen molar-refractivity contribution in [3.63, 3.8) is 0 Å². The average molecular weight is 321 g/mol. The zero-order chi connectivity index (χ0) is 13.7. The van der Waals surface area contributed by atoms with Crippen molar-refractivity contribution in [1.29, 1.82) is 0 Å². The third-order valence-corrected chi connectivity index (χ3v) is 3.68. The minimum absolute atomic E-state index is 0.656. The van der Waals surface area contributed by atoms with Gasteiger partial charge in [-0.25, -0.2) is 4.98 Å². The summed E-state index contributed by atoms with van der Waals surface area (Å²) in [4.78, 5) is 4.27. The Morgan fingerprint density at radius 1 is 1.21 bits per heavy atom. The van der Waals surface area contributed by atoms with Crippen LogP contribution in [0.1, 0.15) is 16.7 Å². The number of nitrogens with zero attached hydrogens (tertiary/aromatic N) is 1. The Morgan fingerprint density at radius 3 is 2.53 bits per heavy atom. The summed E-state index contributed by atoms with van der Waals surface area (Å²) >= 11 is 3.40. The zero-order valence-electron chi connectivity index (χ0n) is 11.1. The van der Waals surface area contributed by atoms with Crippen molar-refractivity contribution >= 4 is 21.6 Å². The number of halogens is 1. The van der Waals surface area contributed by atoms with Crippen LogP contribution in [0, 0.1) is 6.92 Å². The lowest BCUT2D eigenvalue weighted by Crippen LogP contribution is -2.00. The predicted molar refractivity (Wildman–Crippen MR) is 81.2 cm³/mol. The predicted octanol–water partition coefficient (Wildman–Crippen LogP) is 3.91. The SMILES string of the molecule is COCc1ccc(CNc2cnc(Br)c(C)c2)cc1. The molecule has 2 rings (SSSR count). The summed E-state index contributed by atoms with van der Waals surface area (Å²) in [7, 11) is 1.71. The molecule has 0 aliphatic carbocycles. The number of pyridine rings is 1. The number of methoxy groups -OCH3 is 1. The van der Waals surface area contributed by atoms with E-state index in [-0.39, 0.29) is 0 Å². The van der Waals surface area contributed by atoms with Crippen LogP contribution >= 0.6 is 15.9 Å². The first-order valence-corrected chi connectivity index (χ1v) is 6.91. The number of aryl methyl sites for hydroxylation is 1. The molecule has 1 N–H and O–H groups in total. The summed E-state index contributed by atoms with van der Waals surface area (Å²) in [6, 6.07) is 10.5. The highest BCUT2D eigenvalue weighted by molar-refractivity contribution is 9.10. The molecule has 0 aliphatic rings. The summed E-state index contributed by atoms with van der Waals surface area (Å²) in [5.74, 6) is 0. The fraction of sp³-hybridized carbons (Fsp3) is 0.267. The van der Waals surface area contributed by atoms with E-state index < -0.39 is 0 Å². The lowest BCUT2D eigenvalue weighted by atomic mass is 10.1. The molecule has 0 aliphatic heterocycles. The molecular formula is C15H17BrN2O. The lowest BCUT2D eigenvalue weighted by Gasteiger charge is -2.08. The molecule has 1 aromatic carbocycles. The Hall–Kier alpha value is -1.39. The molecule has 0 amide bonds. The summed E-state index contributed by atoms with van der Waals surface area (Å²) < 4.78 is 5.98. The minimum atomic E-state index is 0.656. The third-order valence-electron chi connectivity index (χ3n) is 2.84. The second kappa shape index (κ2) is 6.68. The van der Waals surface area contributed by atoms with Crippen molar-refractivity contribution in [3.8, 4) is 0 Å². The van der Waals surface area contributed by atoms with Gasteiger partial charge in [-0.1, -0.05) is 24.3 Å². The van der Waals surface area contributed by atoms with Crippen LogP contribution in [0.2, 0.25) is 0 Å². The monoisotopic (exact) mass is 320 g/mol. The molecule has 2 aromatic rings. The second-order valence-electron chi connectivity index (χ2n) is 4.43. The molecule has 19 heavy (non-hydrogen) atoms. The highest BCUT2D eigenvalue weighted by Gasteiger charge is 1.99. The number of hydrogen-bond donors (Lipinski definition) is 1. The number of benzene rings is 1. The Labute approximate surface area is 122 Å². The van der Waals surface area contributed by atoms with Crippen LogP contribution in [0.5, 0.6) is 0 Å². The topological polar surface area (TPSA) is 34.1 Å². The molecular weight excluding hydrogens is 304 g/mol. The molecule has 0 radical (unpaired) electrons. The van der Waals surface area contributed by atoms with Crippen molar-refractivity contribution in [1.82, 2.24) is 4.98 Å². The fourth-order valence-corrected chi connectivity index (χ4v) is 2.00. The van der Waals surface area contributed by atoms with Gasteiger partial charge in [-0.05, 0) is 45.6 Å². The van der Waals surface area contributed by atoms with E-state index in [4.69, 9.17) is 4.74 Å². The van der Waals surface area contributed by atoms with Gasteiger partial charge in [0.15, 0.2) is 0 Å². The summed E-state index contributed by atoms with van der Waals surface area (Å²) in [5, 5.41) is 3.37. The number of rotatable bonds is 5. The molecule has 0 spiro atoms. The highest BCUT2D eigenvalue weighted by Crippen LogP contribution is 2.17. The van der Waals surface area contributed by atoms with Gasteiger partial charge in [0.05, 0.1) is 18.5 Å². The average Bonchev–Trinajstić information content (AvgIpc) is 2.42. The molecule has 0 atom stereocenters. The molecule has 1 aromatic heterocycles. The number of aromatic nitrogens is 1. The van der Waals surface area contributed by atoms with Gasteiger partial charge in [0.1, 0.15) is 4.60 Å². The lowest BCUT2D eigenvalue weighted by molar-refractivity contribution is 0.185. The molecule has 100 valence electrons. The summed E-state index contributed by atoms with van der Waals surface area (Å²) in [6.07, 6.45) is 1.83. The van der Waals surface area contributed by atoms with Crippen LogP contribution in [0.3, 0.4) is 0 Å². The first-order chi connectivity index (χ1) is 9.19. The minimum Gasteiger partial charge on any atom is -0.380 e. The van der Waals surface area contributed by atoms with Crippen molar-refractivity contribution in [2.45, 2.75) is 20.1 Å². The Balaban J connectivity index is 1.96. The van der Waals surface area contributed by atoms with Gasteiger partial charge in [0.25, 0.3) is 0 Å². The largest absolute Gasteiger partial charge is 0.380 e. The van der Waals surface area contributed by atoms with Crippen molar-refractivity contribution < 1.29 is 4.74 Å². The van der Waals surface area contributed by atoms with E-state index in [1.165, 1.54) is 11.1 Å². The first kappa shape index (κ1) is 14.0. The third kappa shape index (κ3) is 4.04. The molecule has 0 unspecified atom stereocenters. The molecule has 0 saturated heterocycles. The normalized spacial score (nSPS) is 10.5. The maximum Gasteiger partial charge on any atom is 0.109 e. The Morgan fingerprint density at radius 2 is 1.89 bits per heavy atom. The number of ether oxygens (including phenoxy) is 1. The van der Waals surface area contributed by atoms with Crippen molar-refractivity contribution in [3.05, 3.63) is 57.8 Å². The van der Waals surface area contributed by atoms with E-state index in [1.54, 1.807) is 7.11 Å². The van der Waals surface area contributed by atoms with Crippen molar-refractivity contribution in [2.24, 2.45) is 0 Å². The van der Waals surface area contributed by atoms with E-state index in [2.05, 4.69) is 56.6 Å². The van der Waals surface area contributed by atoms with E-state index in [1.807, 2.05) is 13.1 Å². The maximum absolute atomic E-state index is 5.09. The first-order valence-electron chi connectivity index (χ1n) is 6.12. The van der Waals surface area contributed by atoms with Crippen LogP contribution in [0.15, 0.2) is 41.1 Å². The molecule has 3 nitrogen and oxygen atoms in total. The number of anilines is 1. The van der Waals surface area contributed by atoms with Crippen LogP contribution in [0.25, 0.3) is 0 Å². The quantitative estimate of drug-likeness (QED) is 0.848. The Bertz CT molecular complexity index is 540. The molecule has 0 fully saturated rings. The van der Waals surface area contributed by atoms with Gasteiger partial charge >= 0.3 is 0 Å². The van der Waals surface area contributed by atoms with Gasteiger partial charge in [-0.2, -0.15) is 0 Å². The molecule has 0 bridgehead atoms. The summed E-state index contributed by atoms with van der Waals surface area (Å²) in [5.41, 5.74) is 4.58. The summed E-state index contributed by atoms with van der Waals surface area (Å²) in [6.45, 7) is 3.47. The van der Waals surface area contributed by atoms with Crippen LogP contribution in [-0.2, 0) is 17.9 Å².